The minimum absolute atomic E-state index is 0.734. The molecule has 4 heteroatoms. The topological polar surface area (TPSA) is 34.2 Å². The average molecular weight is 271 g/mol. The molecule has 2 rings (SSSR count). The number of halogens is 1. The smallest absolute Gasteiger partial charge is 0.0538 e. The summed E-state index contributed by atoms with van der Waals surface area (Å²) >= 11 is 3.40. The number of nitrogens with zero attached hydrogens (tertiary/aromatic N) is 1. The van der Waals surface area contributed by atoms with Crippen molar-refractivity contribution in [2.24, 2.45) is 5.92 Å². The van der Waals surface area contributed by atoms with Gasteiger partial charge in [-0.3, -0.25) is 4.98 Å². The van der Waals surface area contributed by atoms with Gasteiger partial charge in [0.05, 0.1) is 11.9 Å². The Kier molecular flexibility index (Phi) is 3.97. The standard InChI is InChI=1S/C11H15BrN2O/c12-10-5-11(7-13-6-10)14-3-1-9-2-4-15-8-9/h5-7,9,14H,1-4,8H2. The van der Waals surface area contributed by atoms with Crippen LogP contribution >= 0.6 is 15.9 Å². The molecule has 1 saturated heterocycles. The average Bonchev–Trinajstić information content (AvgIpc) is 2.71. The largest absolute Gasteiger partial charge is 0.384 e. The van der Waals surface area contributed by atoms with E-state index >= 15 is 0 Å². The van der Waals surface area contributed by atoms with Crippen molar-refractivity contribution in [1.29, 1.82) is 0 Å². The number of ether oxygens (including phenoxy) is 1. The first-order chi connectivity index (χ1) is 7.34. The minimum atomic E-state index is 0.734. The summed E-state index contributed by atoms with van der Waals surface area (Å²) in [5.74, 6) is 0.734. The number of hydrogen-bond acceptors (Lipinski definition) is 3. The maximum absolute atomic E-state index is 5.33. The van der Waals surface area contributed by atoms with Gasteiger partial charge in [0.1, 0.15) is 0 Å². The van der Waals surface area contributed by atoms with Crippen LogP contribution in [0.25, 0.3) is 0 Å². The van der Waals surface area contributed by atoms with E-state index in [1.54, 1.807) is 6.20 Å². The van der Waals surface area contributed by atoms with Crippen LogP contribution in [0.5, 0.6) is 0 Å². The Morgan fingerprint density at radius 2 is 2.47 bits per heavy atom. The van der Waals surface area contributed by atoms with Crippen LogP contribution < -0.4 is 5.32 Å². The van der Waals surface area contributed by atoms with Crippen LogP contribution in [0.15, 0.2) is 22.9 Å². The third kappa shape index (κ3) is 3.47. The van der Waals surface area contributed by atoms with E-state index < -0.39 is 0 Å². The molecule has 82 valence electrons. The summed E-state index contributed by atoms with van der Waals surface area (Å²) in [6.45, 7) is 2.85. The molecule has 0 radical (unpaired) electrons. The van der Waals surface area contributed by atoms with Crippen molar-refractivity contribution >= 4 is 21.6 Å². The molecule has 0 aromatic carbocycles. The second-order valence-corrected chi connectivity index (χ2v) is 4.75. The number of nitrogens with one attached hydrogen (secondary N) is 1. The van der Waals surface area contributed by atoms with Gasteiger partial charge in [0.2, 0.25) is 0 Å². The van der Waals surface area contributed by atoms with Crippen LogP contribution in [0.4, 0.5) is 5.69 Å². The lowest BCUT2D eigenvalue weighted by molar-refractivity contribution is 0.185. The van der Waals surface area contributed by atoms with Crippen molar-refractivity contribution in [3.8, 4) is 0 Å². The molecule has 1 aliphatic rings. The minimum Gasteiger partial charge on any atom is -0.384 e. The van der Waals surface area contributed by atoms with Gasteiger partial charge < -0.3 is 10.1 Å². The van der Waals surface area contributed by atoms with E-state index in [-0.39, 0.29) is 0 Å². The Bertz CT molecular complexity index is 313. The summed E-state index contributed by atoms with van der Waals surface area (Å²) in [5.41, 5.74) is 1.07. The van der Waals surface area contributed by atoms with Crippen LogP contribution in [0.2, 0.25) is 0 Å². The van der Waals surface area contributed by atoms with E-state index in [9.17, 15) is 0 Å². The molecular weight excluding hydrogens is 256 g/mol. The molecule has 0 bridgehead atoms. The molecule has 15 heavy (non-hydrogen) atoms. The molecule has 0 aliphatic carbocycles. The SMILES string of the molecule is Brc1cncc(NCCC2CCOC2)c1. The normalized spacial score (nSPS) is 20.5. The second kappa shape index (κ2) is 5.47. The van der Waals surface area contributed by atoms with Gasteiger partial charge in [-0.05, 0) is 40.8 Å². The summed E-state index contributed by atoms with van der Waals surface area (Å²) < 4.78 is 6.34. The van der Waals surface area contributed by atoms with Crippen molar-refractivity contribution in [1.82, 2.24) is 4.98 Å². The second-order valence-electron chi connectivity index (χ2n) is 3.84. The predicted molar refractivity (Wildman–Crippen MR) is 64.0 cm³/mol. The van der Waals surface area contributed by atoms with Crippen LogP contribution in [-0.2, 0) is 4.74 Å². The molecule has 1 fully saturated rings. The summed E-state index contributed by atoms with van der Waals surface area (Å²) in [6.07, 6.45) is 6.01. The fraction of sp³-hybridized carbons (Fsp3) is 0.545. The monoisotopic (exact) mass is 270 g/mol. The highest BCUT2D eigenvalue weighted by atomic mass is 79.9. The molecule has 1 atom stereocenters. The number of hydrogen-bond donors (Lipinski definition) is 1. The maximum atomic E-state index is 5.33. The molecular formula is C11H15BrN2O. The zero-order valence-electron chi connectivity index (χ0n) is 8.58. The molecule has 1 aliphatic heterocycles. The lowest BCUT2D eigenvalue weighted by atomic mass is 10.1. The Labute approximate surface area is 98.4 Å². The molecule has 1 unspecified atom stereocenters. The van der Waals surface area contributed by atoms with Gasteiger partial charge in [-0.1, -0.05) is 0 Å². The highest BCUT2D eigenvalue weighted by Gasteiger charge is 2.14. The van der Waals surface area contributed by atoms with Crippen molar-refractivity contribution in [2.45, 2.75) is 12.8 Å². The van der Waals surface area contributed by atoms with E-state index in [0.717, 1.165) is 35.8 Å². The van der Waals surface area contributed by atoms with Crippen molar-refractivity contribution in [3.63, 3.8) is 0 Å². The number of pyridine rings is 1. The van der Waals surface area contributed by atoms with Crippen LogP contribution in [0.3, 0.4) is 0 Å². The van der Waals surface area contributed by atoms with E-state index in [2.05, 4.69) is 26.2 Å². The Hall–Kier alpha value is -0.610. The highest BCUT2D eigenvalue weighted by molar-refractivity contribution is 9.10. The fourth-order valence-corrected chi connectivity index (χ4v) is 2.11. The quantitative estimate of drug-likeness (QED) is 0.914. The van der Waals surface area contributed by atoms with E-state index in [0.29, 0.717) is 0 Å². The first kappa shape index (κ1) is 10.9. The summed E-state index contributed by atoms with van der Waals surface area (Å²) in [4.78, 5) is 4.10. The highest BCUT2D eigenvalue weighted by Crippen LogP contribution is 2.17. The van der Waals surface area contributed by atoms with Gasteiger partial charge >= 0.3 is 0 Å². The zero-order valence-corrected chi connectivity index (χ0v) is 10.2. The van der Waals surface area contributed by atoms with Gasteiger partial charge in [0, 0.05) is 30.4 Å². The van der Waals surface area contributed by atoms with Crippen molar-refractivity contribution < 1.29 is 4.74 Å². The third-order valence-electron chi connectivity index (χ3n) is 2.61. The summed E-state index contributed by atoms with van der Waals surface area (Å²) in [5, 5.41) is 3.36. The molecule has 0 saturated carbocycles. The fourth-order valence-electron chi connectivity index (χ4n) is 1.74. The van der Waals surface area contributed by atoms with Crippen molar-refractivity contribution in [3.05, 3.63) is 22.9 Å². The molecule has 1 aromatic rings. The summed E-state index contributed by atoms with van der Waals surface area (Å²) in [7, 11) is 0. The first-order valence-electron chi connectivity index (χ1n) is 5.27. The summed E-state index contributed by atoms with van der Waals surface area (Å²) in [6, 6.07) is 2.04. The van der Waals surface area contributed by atoms with Crippen LogP contribution in [0.1, 0.15) is 12.8 Å². The molecule has 2 heterocycles. The van der Waals surface area contributed by atoms with E-state index in [1.165, 1.54) is 12.8 Å². The molecule has 1 aromatic heterocycles. The number of anilines is 1. The first-order valence-corrected chi connectivity index (χ1v) is 6.06. The van der Waals surface area contributed by atoms with Gasteiger partial charge in [-0.25, -0.2) is 0 Å². The van der Waals surface area contributed by atoms with E-state index in [4.69, 9.17) is 4.74 Å². The molecule has 0 amide bonds. The Balaban J connectivity index is 1.73. The van der Waals surface area contributed by atoms with Gasteiger partial charge in [0.25, 0.3) is 0 Å². The zero-order chi connectivity index (χ0) is 10.5. The lowest BCUT2D eigenvalue weighted by Crippen LogP contribution is -2.09. The van der Waals surface area contributed by atoms with Gasteiger partial charge in [0.15, 0.2) is 0 Å². The molecule has 3 nitrogen and oxygen atoms in total. The van der Waals surface area contributed by atoms with Crippen molar-refractivity contribution in [2.75, 3.05) is 25.1 Å². The lowest BCUT2D eigenvalue weighted by Gasteiger charge is -2.09. The Morgan fingerprint density at radius 1 is 1.53 bits per heavy atom. The van der Waals surface area contributed by atoms with Crippen LogP contribution in [0, 0.1) is 5.92 Å². The maximum Gasteiger partial charge on any atom is 0.0538 e. The van der Waals surface area contributed by atoms with Crippen LogP contribution in [-0.4, -0.2) is 24.7 Å². The number of aromatic nitrogens is 1. The third-order valence-corrected chi connectivity index (χ3v) is 3.04. The predicted octanol–water partition coefficient (Wildman–Crippen LogP) is 2.68. The molecule has 0 spiro atoms. The van der Waals surface area contributed by atoms with E-state index in [1.807, 2.05) is 12.3 Å². The number of rotatable bonds is 4. The molecule has 1 N–H and O–H groups in total. The van der Waals surface area contributed by atoms with Gasteiger partial charge in [-0.2, -0.15) is 0 Å². The Morgan fingerprint density at radius 3 is 3.20 bits per heavy atom. The van der Waals surface area contributed by atoms with Gasteiger partial charge in [-0.15, -0.1) is 0 Å².